The van der Waals surface area contributed by atoms with Crippen LogP contribution in [0.3, 0.4) is 0 Å². The molecule has 1 N–H and O–H groups in total. The van der Waals surface area contributed by atoms with Crippen LogP contribution in [0.5, 0.6) is 0 Å². The smallest absolute Gasteiger partial charge is 0.387 e. The molecule has 0 spiro atoms. The van der Waals surface area contributed by atoms with E-state index >= 15 is 0 Å². The number of nitrogens with zero attached hydrogens (tertiary/aromatic N) is 2. The average molecular weight is 608 g/mol. The number of aliphatic hydroxyl groups excluding tert-OH is 1. The van der Waals surface area contributed by atoms with E-state index in [2.05, 4.69) is 0 Å². The fourth-order valence-electron chi connectivity index (χ4n) is 2.92. The Labute approximate surface area is 204 Å². The number of hydrogen-bond acceptors (Lipinski definition) is 1. The fraction of sp³-hybridized carbons (Fsp3) is 1.00. The topological polar surface area (TPSA) is 20.2 Å². The highest BCUT2D eigenvalue weighted by Crippen LogP contribution is 2.64. The Morgan fingerprint density at radius 1 is 0.500 bits per heavy atom. The monoisotopic (exact) mass is 608 g/mol. The van der Waals surface area contributed by atoms with E-state index in [9.17, 15) is 79.7 Å². The second kappa shape index (κ2) is 9.95. The van der Waals surface area contributed by atoms with E-state index in [1.54, 1.807) is 21.1 Å². The molecule has 0 aliphatic carbocycles. The molecule has 0 amide bonds. The van der Waals surface area contributed by atoms with Gasteiger partial charge < -0.3 is 14.1 Å². The molecule has 20 heteroatoms. The Morgan fingerprint density at radius 3 is 1.13 bits per heavy atom. The highest BCUT2D eigenvalue weighted by atomic mass is 19.4. The third-order valence-electron chi connectivity index (χ3n) is 5.36. The van der Waals surface area contributed by atoms with E-state index in [1.807, 2.05) is 0 Å². The van der Waals surface area contributed by atoms with Crippen LogP contribution in [0.2, 0.25) is 0 Å². The average Bonchev–Trinajstić information content (AvgIpc) is 2.63. The fourth-order valence-corrected chi connectivity index (χ4v) is 2.92. The van der Waals surface area contributed by atoms with Gasteiger partial charge in [0.1, 0.15) is 25.7 Å². The Morgan fingerprint density at radius 2 is 0.816 bits per heavy atom. The van der Waals surface area contributed by atoms with Gasteiger partial charge in [0, 0.05) is 6.42 Å². The summed E-state index contributed by atoms with van der Waals surface area (Å²) < 4.78 is 226. The number of alkyl halides is 17. The molecule has 0 aliphatic heterocycles. The molecule has 1 unspecified atom stereocenters. The van der Waals surface area contributed by atoms with Crippen LogP contribution in [0.15, 0.2) is 0 Å². The van der Waals surface area contributed by atoms with Crippen LogP contribution in [-0.4, -0.2) is 123 Å². The van der Waals surface area contributed by atoms with Crippen molar-refractivity contribution in [2.45, 2.75) is 60.2 Å². The molecule has 0 fully saturated rings. The molecule has 230 valence electrons. The van der Waals surface area contributed by atoms with Crippen molar-refractivity contribution in [2.75, 3.05) is 54.9 Å². The lowest BCUT2D eigenvalue weighted by molar-refractivity contribution is -0.939. The van der Waals surface area contributed by atoms with Crippen molar-refractivity contribution in [1.82, 2.24) is 0 Å². The summed E-state index contributed by atoms with van der Waals surface area (Å²) in [4.78, 5) is 0. The first-order valence-corrected chi connectivity index (χ1v) is 10.1. The largest absolute Gasteiger partial charge is 0.460 e. The molecule has 0 aromatic rings. The van der Waals surface area contributed by atoms with Crippen molar-refractivity contribution in [3.05, 3.63) is 0 Å². The molecular formula is C18H25F17N2O+2. The lowest BCUT2D eigenvalue weighted by Gasteiger charge is -2.43. The number of likely N-dealkylation sites (N-methyl/N-ethyl adjacent to an activating group) is 2. The van der Waals surface area contributed by atoms with Crippen LogP contribution < -0.4 is 0 Å². The molecule has 1 atom stereocenters. The Kier molecular flexibility index (Phi) is 9.61. The van der Waals surface area contributed by atoms with Crippen molar-refractivity contribution >= 4 is 0 Å². The van der Waals surface area contributed by atoms with Crippen molar-refractivity contribution in [2.24, 2.45) is 0 Å². The van der Waals surface area contributed by atoms with Gasteiger partial charge in [0.2, 0.25) is 0 Å². The van der Waals surface area contributed by atoms with Crippen LogP contribution in [0.4, 0.5) is 74.6 Å². The first-order valence-electron chi connectivity index (χ1n) is 10.1. The minimum absolute atomic E-state index is 0.0193. The van der Waals surface area contributed by atoms with Crippen molar-refractivity contribution in [1.29, 1.82) is 0 Å². The number of aliphatic hydroxyl groups is 1. The van der Waals surface area contributed by atoms with Crippen LogP contribution >= 0.6 is 0 Å². The number of rotatable bonds is 13. The Balaban J connectivity index is 6.31. The maximum absolute atomic E-state index is 14.0. The maximum atomic E-state index is 14.0. The highest BCUT2D eigenvalue weighted by Gasteiger charge is 2.95. The molecule has 0 aromatic carbocycles. The quantitative estimate of drug-likeness (QED) is 0.216. The first-order chi connectivity index (χ1) is 16.1. The van der Waals surface area contributed by atoms with Crippen LogP contribution in [-0.2, 0) is 0 Å². The molecule has 0 bridgehead atoms. The summed E-state index contributed by atoms with van der Waals surface area (Å²) in [6.45, 7) is -0.673. The molecule has 0 rings (SSSR count). The van der Waals surface area contributed by atoms with Crippen LogP contribution in [0.1, 0.15) is 6.42 Å². The lowest BCUT2D eigenvalue weighted by atomic mass is 9.87. The normalized spacial score (nSPS) is 17.1. The predicted molar refractivity (Wildman–Crippen MR) is 96.0 cm³/mol. The van der Waals surface area contributed by atoms with E-state index < -0.39 is 71.2 Å². The summed E-state index contributed by atoms with van der Waals surface area (Å²) in [5.41, 5.74) is 0. The minimum Gasteiger partial charge on any atom is -0.387 e. The summed E-state index contributed by atoms with van der Waals surface area (Å²) in [7, 11) is 7.40. The third kappa shape index (κ3) is 6.36. The number of hydrogen-bond donors (Lipinski definition) is 1. The summed E-state index contributed by atoms with van der Waals surface area (Å²) in [5, 5.41) is 9.71. The second-order valence-corrected chi connectivity index (χ2v) is 10.4. The molecule has 0 aliphatic rings. The van der Waals surface area contributed by atoms with Crippen molar-refractivity contribution in [3.63, 3.8) is 0 Å². The molecule has 38 heavy (non-hydrogen) atoms. The Bertz CT molecular complexity index is 815. The van der Waals surface area contributed by atoms with Gasteiger partial charge in [0.15, 0.2) is 0 Å². The molecule has 0 saturated heterocycles. The number of halogens is 17. The molecule has 0 aromatic heterocycles. The third-order valence-corrected chi connectivity index (χ3v) is 5.36. The van der Waals surface area contributed by atoms with Gasteiger partial charge in [-0.25, -0.2) is 0 Å². The van der Waals surface area contributed by atoms with Crippen molar-refractivity contribution in [3.8, 4) is 0 Å². The predicted octanol–water partition coefficient (Wildman–Crippen LogP) is 5.53. The van der Waals surface area contributed by atoms with Crippen molar-refractivity contribution < 1.29 is 88.7 Å². The highest BCUT2D eigenvalue weighted by molar-refractivity contribution is 5.15. The van der Waals surface area contributed by atoms with Gasteiger partial charge in [-0.3, -0.25) is 0 Å². The zero-order valence-electron chi connectivity index (χ0n) is 20.2. The van der Waals surface area contributed by atoms with Gasteiger partial charge >= 0.3 is 47.6 Å². The van der Waals surface area contributed by atoms with E-state index in [0.29, 0.717) is 0 Å². The van der Waals surface area contributed by atoms with Gasteiger partial charge in [-0.2, -0.15) is 74.6 Å². The zero-order valence-corrected chi connectivity index (χ0v) is 20.2. The summed E-state index contributed by atoms with van der Waals surface area (Å²) >= 11 is 0. The second-order valence-electron chi connectivity index (χ2n) is 10.4. The molecule has 0 heterocycles. The van der Waals surface area contributed by atoms with Gasteiger partial charge in [-0.05, 0) is 0 Å². The van der Waals surface area contributed by atoms with Gasteiger partial charge in [-0.1, -0.05) is 0 Å². The zero-order chi connectivity index (χ0) is 31.4. The van der Waals surface area contributed by atoms with E-state index in [0.717, 1.165) is 0 Å². The summed E-state index contributed by atoms with van der Waals surface area (Å²) in [5.74, 6) is -56.7. The summed E-state index contributed by atoms with van der Waals surface area (Å²) in [6.07, 6.45) is -13.4. The molecule has 0 radical (unpaired) electrons. The lowest BCUT2D eigenvalue weighted by Crippen LogP contribution is -2.74. The van der Waals surface area contributed by atoms with E-state index in [4.69, 9.17) is 0 Å². The maximum Gasteiger partial charge on any atom is 0.460 e. The molecular weight excluding hydrogens is 583 g/mol. The Hall–Kier alpha value is -1.31. The summed E-state index contributed by atoms with van der Waals surface area (Å²) in [6, 6.07) is 0. The molecule has 0 saturated carbocycles. The van der Waals surface area contributed by atoms with Crippen LogP contribution in [0.25, 0.3) is 0 Å². The minimum atomic E-state index is -8.66. The van der Waals surface area contributed by atoms with E-state index in [1.165, 1.54) is 14.1 Å². The van der Waals surface area contributed by atoms with E-state index in [-0.39, 0.29) is 17.6 Å². The standard InChI is InChI=1S/C18H25F17N2O/c1-36(2,3)6-7-37(4,5)9-10(38)8-11(19,20)12(21,22)13(23,24)14(25,26)15(27,28)16(29,30)17(31,32)18(33,34)35/h10,38H,6-9H2,1-5H3/q+2. The number of quaternary nitrogens is 2. The SMILES string of the molecule is C[N+](C)(C)CC[N+](C)(C)CC(O)CC(F)(F)C(F)(F)C(F)(F)C(F)(F)C(F)(F)C(F)(F)C(F)(F)C(F)(F)F. The van der Waals surface area contributed by atoms with Crippen LogP contribution in [0, 0.1) is 0 Å². The van der Waals surface area contributed by atoms with Gasteiger partial charge in [-0.15, -0.1) is 0 Å². The molecule has 3 nitrogen and oxygen atoms in total. The van der Waals surface area contributed by atoms with Gasteiger partial charge in [0.05, 0.1) is 35.2 Å². The van der Waals surface area contributed by atoms with Gasteiger partial charge in [0.25, 0.3) is 0 Å². The first kappa shape index (κ1) is 36.7.